The smallest absolute Gasteiger partial charge is 0.290 e. The summed E-state index contributed by atoms with van der Waals surface area (Å²) in [6, 6.07) is 9.53. The van der Waals surface area contributed by atoms with Crippen molar-refractivity contribution in [1.29, 1.82) is 0 Å². The number of fused-ring (bicyclic) bond motifs is 1. The Hall–Kier alpha value is -3.66. The summed E-state index contributed by atoms with van der Waals surface area (Å²) in [7, 11) is 1.51. The number of hydrogen-bond acceptors (Lipinski definition) is 7. The second-order valence-corrected chi connectivity index (χ2v) is 7.95. The van der Waals surface area contributed by atoms with Crippen molar-refractivity contribution in [2.45, 2.75) is 19.4 Å². The molecule has 1 saturated heterocycles. The zero-order chi connectivity index (χ0) is 22.1. The van der Waals surface area contributed by atoms with Crippen molar-refractivity contribution in [3.05, 3.63) is 68.1 Å². The number of anilines is 1. The molecule has 3 amide bonds. The van der Waals surface area contributed by atoms with E-state index in [1.807, 2.05) is 0 Å². The van der Waals surface area contributed by atoms with Crippen LogP contribution in [0.25, 0.3) is 6.08 Å². The van der Waals surface area contributed by atoms with Crippen LogP contribution in [0, 0.1) is 10.1 Å². The average molecular weight is 439 g/mol. The maximum absolute atomic E-state index is 12.8. The van der Waals surface area contributed by atoms with Gasteiger partial charge in [0.25, 0.3) is 16.8 Å². The lowest BCUT2D eigenvalue weighted by Gasteiger charge is -2.32. The molecular formula is C21H17N3O6S. The monoisotopic (exact) mass is 439 g/mol. The highest BCUT2D eigenvalue weighted by molar-refractivity contribution is 8.18. The number of hydrogen-bond donors (Lipinski definition) is 1. The molecule has 1 N–H and O–H groups in total. The second kappa shape index (κ2) is 8.23. The summed E-state index contributed by atoms with van der Waals surface area (Å²) in [6.45, 7) is 0.216. The number of imide groups is 1. The van der Waals surface area contributed by atoms with Gasteiger partial charge in [0.1, 0.15) is 5.75 Å². The number of non-ortho nitro benzene ring substituents is 1. The molecule has 0 unspecified atom stereocenters. The zero-order valence-corrected chi connectivity index (χ0v) is 17.2. The van der Waals surface area contributed by atoms with Gasteiger partial charge in [0, 0.05) is 18.6 Å². The number of methoxy groups -OCH3 is 1. The van der Waals surface area contributed by atoms with Gasteiger partial charge in [-0.2, -0.15) is 0 Å². The molecule has 2 aliphatic heterocycles. The number of carbonyl (C=O) groups is 3. The van der Waals surface area contributed by atoms with Crippen LogP contribution in [0.2, 0.25) is 0 Å². The first-order valence-corrected chi connectivity index (χ1v) is 10.2. The van der Waals surface area contributed by atoms with E-state index in [0.29, 0.717) is 17.9 Å². The second-order valence-electron chi connectivity index (χ2n) is 6.94. The molecule has 2 aromatic rings. The number of nitrogens with one attached hydrogen (secondary N) is 1. The molecule has 10 heteroatoms. The van der Waals surface area contributed by atoms with Gasteiger partial charge in [-0.1, -0.05) is 18.2 Å². The molecule has 31 heavy (non-hydrogen) atoms. The molecule has 0 saturated carbocycles. The minimum Gasteiger partial charge on any atom is -0.495 e. The molecule has 0 spiro atoms. The topological polar surface area (TPSA) is 119 Å². The van der Waals surface area contributed by atoms with Gasteiger partial charge in [0.2, 0.25) is 5.91 Å². The third-order valence-electron chi connectivity index (χ3n) is 5.08. The summed E-state index contributed by atoms with van der Waals surface area (Å²) >= 11 is 0.831. The minimum atomic E-state index is -0.476. The number of nitro groups is 1. The van der Waals surface area contributed by atoms with E-state index in [1.165, 1.54) is 19.2 Å². The van der Waals surface area contributed by atoms with E-state index < -0.39 is 16.1 Å². The Morgan fingerprint density at radius 1 is 1.16 bits per heavy atom. The molecule has 2 heterocycles. The Bertz CT molecular complexity index is 1140. The van der Waals surface area contributed by atoms with E-state index in [1.54, 1.807) is 35.2 Å². The number of nitro benzene ring substituents is 1. The fourth-order valence-corrected chi connectivity index (χ4v) is 4.29. The third-order valence-corrected chi connectivity index (χ3v) is 5.89. The molecule has 2 aliphatic rings. The fraction of sp³-hybridized carbons (Fsp3) is 0.190. The Kier molecular flexibility index (Phi) is 5.47. The molecule has 2 aromatic carbocycles. The number of rotatable bonds is 5. The van der Waals surface area contributed by atoms with Crippen molar-refractivity contribution in [2.75, 3.05) is 12.0 Å². The molecule has 9 nitrogen and oxygen atoms in total. The van der Waals surface area contributed by atoms with Gasteiger partial charge in [-0.25, -0.2) is 0 Å². The van der Waals surface area contributed by atoms with Crippen molar-refractivity contribution in [3.8, 4) is 5.75 Å². The van der Waals surface area contributed by atoms with E-state index in [-0.39, 0.29) is 29.5 Å². The summed E-state index contributed by atoms with van der Waals surface area (Å²) in [5.41, 5.74) is 2.86. The predicted octanol–water partition coefficient (Wildman–Crippen LogP) is 3.41. The predicted molar refractivity (Wildman–Crippen MR) is 115 cm³/mol. The number of ether oxygens (including phenoxy) is 1. The van der Waals surface area contributed by atoms with Crippen molar-refractivity contribution in [2.24, 2.45) is 0 Å². The van der Waals surface area contributed by atoms with E-state index >= 15 is 0 Å². The number of benzene rings is 2. The first-order chi connectivity index (χ1) is 14.9. The highest BCUT2D eigenvalue weighted by Crippen LogP contribution is 2.41. The summed E-state index contributed by atoms with van der Waals surface area (Å²) in [6.07, 6.45) is 2.37. The lowest BCUT2D eigenvalue weighted by Crippen LogP contribution is -2.35. The Morgan fingerprint density at radius 2 is 1.90 bits per heavy atom. The Balaban J connectivity index is 1.74. The van der Waals surface area contributed by atoms with Gasteiger partial charge in [-0.3, -0.25) is 29.8 Å². The van der Waals surface area contributed by atoms with Crippen LogP contribution in [0.15, 0.2) is 41.3 Å². The SMILES string of the molecule is COc1ccc(/C=C2/SC(=O)NC2=O)c2c1N(Cc1ccc([N+](=O)[O-])cc1)C(=O)CC2. The van der Waals surface area contributed by atoms with Crippen molar-refractivity contribution in [1.82, 2.24) is 5.32 Å². The summed E-state index contributed by atoms with van der Waals surface area (Å²) in [5, 5.41) is 12.7. The highest BCUT2D eigenvalue weighted by Gasteiger charge is 2.31. The van der Waals surface area contributed by atoms with E-state index in [9.17, 15) is 24.5 Å². The molecule has 0 aromatic heterocycles. The van der Waals surface area contributed by atoms with Crippen LogP contribution in [-0.4, -0.2) is 29.1 Å². The minimum absolute atomic E-state index is 0.0255. The van der Waals surface area contributed by atoms with Gasteiger partial charge in [0.05, 0.1) is 29.2 Å². The quantitative estimate of drug-likeness (QED) is 0.431. The van der Waals surface area contributed by atoms with Crippen LogP contribution in [0.5, 0.6) is 5.75 Å². The van der Waals surface area contributed by atoms with Crippen molar-refractivity contribution < 1.29 is 24.0 Å². The lowest BCUT2D eigenvalue weighted by atomic mass is 9.94. The van der Waals surface area contributed by atoms with Gasteiger partial charge in [-0.05, 0) is 47.0 Å². The largest absolute Gasteiger partial charge is 0.495 e. The van der Waals surface area contributed by atoms with Crippen LogP contribution in [0.1, 0.15) is 23.1 Å². The molecule has 1 fully saturated rings. The van der Waals surface area contributed by atoms with Crippen LogP contribution < -0.4 is 15.0 Å². The molecule has 0 radical (unpaired) electrons. The molecule has 4 rings (SSSR count). The van der Waals surface area contributed by atoms with Crippen LogP contribution >= 0.6 is 11.8 Å². The number of nitrogens with zero attached hydrogens (tertiary/aromatic N) is 2. The first kappa shape index (κ1) is 20.6. The van der Waals surface area contributed by atoms with Crippen LogP contribution in [0.3, 0.4) is 0 Å². The molecular weight excluding hydrogens is 422 g/mol. The van der Waals surface area contributed by atoms with Gasteiger partial charge < -0.3 is 9.64 Å². The zero-order valence-electron chi connectivity index (χ0n) is 16.4. The van der Waals surface area contributed by atoms with Crippen LogP contribution in [0.4, 0.5) is 16.2 Å². The van der Waals surface area contributed by atoms with E-state index in [4.69, 9.17) is 4.74 Å². The maximum Gasteiger partial charge on any atom is 0.290 e. The standard InChI is InChI=1S/C21H17N3O6S/c1-30-16-8-4-13(10-17-20(26)22-21(27)31-17)15-7-9-18(25)23(19(15)16)11-12-2-5-14(6-3-12)24(28)29/h2-6,8,10H,7,9,11H2,1H3,(H,22,26,27)/b17-10+. The molecule has 0 aliphatic carbocycles. The normalized spacial score (nSPS) is 17.0. The lowest BCUT2D eigenvalue weighted by molar-refractivity contribution is -0.384. The molecule has 0 bridgehead atoms. The van der Waals surface area contributed by atoms with Crippen molar-refractivity contribution in [3.63, 3.8) is 0 Å². The average Bonchev–Trinajstić information content (AvgIpc) is 3.07. The molecule has 158 valence electrons. The van der Waals surface area contributed by atoms with Gasteiger partial charge in [0.15, 0.2) is 0 Å². The number of thioether (sulfide) groups is 1. The highest BCUT2D eigenvalue weighted by atomic mass is 32.2. The van der Waals surface area contributed by atoms with E-state index in [0.717, 1.165) is 28.5 Å². The fourth-order valence-electron chi connectivity index (χ4n) is 3.62. The first-order valence-electron chi connectivity index (χ1n) is 9.36. The van der Waals surface area contributed by atoms with Crippen LogP contribution in [-0.2, 0) is 22.6 Å². The molecule has 0 atom stereocenters. The summed E-state index contributed by atoms with van der Waals surface area (Å²) in [5.74, 6) is -0.0435. The summed E-state index contributed by atoms with van der Waals surface area (Å²) in [4.78, 5) is 48.5. The third kappa shape index (κ3) is 4.02. The Morgan fingerprint density at radius 3 is 2.52 bits per heavy atom. The summed E-state index contributed by atoms with van der Waals surface area (Å²) < 4.78 is 5.50. The number of carbonyl (C=O) groups excluding carboxylic acids is 3. The Labute approximate surface area is 181 Å². The van der Waals surface area contributed by atoms with E-state index in [2.05, 4.69) is 5.32 Å². The maximum atomic E-state index is 12.8. The van der Waals surface area contributed by atoms with Gasteiger partial charge >= 0.3 is 0 Å². The van der Waals surface area contributed by atoms with Gasteiger partial charge in [-0.15, -0.1) is 0 Å². The number of amides is 3. The van der Waals surface area contributed by atoms with Crippen molar-refractivity contribution >= 4 is 46.3 Å².